The zero-order valence-electron chi connectivity index (χ0n) is 16.9. The van der Waals surface area contributed by atoms with Crippen molar-refractivity contribution in [3.05, 3.63) is 75.9 Å². The zero-order valence-corrected chi connectivity index (χ0v) is 17.7. The third kappa shape index (κ3) is 4.65. The van der Waals surface area contributed by atoms with Gasteiger partial charge in [0.1, 0.15) is 23.1 Å². The first-order chi connectivity index (χ1) is 14.4. The Bertz CT molecular complexity index is 1150. The van der Waals surface area contributed by atoms with Gasteiger partial charge < -0.3 is 9.47 Å². The van der Waals surface area contributed by atoms with E-state index in [-0.39, 0.29) is 5.56 Å². The van der Waals surface area contributed by atoms with Crippen LogP contribution in [0.2, 0.25) is 0 Å². The molecule has 156 valence electrons. The standard InChI is InChI=1S/C22H21F2N3O2S/c1-14(2)11-25-22-27(26-12-17-18(23)6-5-7-19(17)24)20(13-30-22)16-10-15(28-3)8-9-21(16)29-4/h5-10,12-13H,1,11H2,2-4H3. The molecule has 2 aromatic carbocycles. The molecule has 0 unspecified atom stereocenters. The summed E-state index contributed by atoms with van der Waals surface area (Å²) < 4.78 is 40.5. The number of hydrogen-bond acceptors (Lipinski definition) is 5. The largest absolute Gasteiger partial charge is 0.497 e. The van der Waals surface area contributed by atoms with Crippen LogP contribution in [-0.2, 0) is 0 Å². The lowest BCUT2D eigenvalue weighted by Gasteiger charge is -2.11. The summed E-state index contributed by atoms with van der Waals surface area (Å²) in [7, 11) is 3.13. The SMILES string of the molecule is C=C(C)CN=c1scc(-c2cc(OC)ccc2OC)n1N=Cc1c(F)cccc1F. The van der Waals surface area contributed by atoms with Gasteiger partial charge in [0, 0.05) is 10.9 Å². The van der Waals surface area contributed by atoms with Gasteiger partial charge in [-0.05, 0) is 37.3 Å². The number of rotatable bonds is 7. The molecule has 0 aliphatic heterocycles. The van der Waals surface area contributed by atoms with Gasteiger partial charge in [-0.25, -0.2) is 13.5 Å². The fourth-order valence-electron chi connectivity index (χ4n) is 2.67. The second-order valence-electron chi connectivity index (χ2n) is 6.43. The Morgan fingerprint density at radius 3 is 2.53 bits per heavy atom. The number of ether oxygens (including phenoxy) is 2. The van der Waals surface area contributed by atoms with Crippen molar-refractivity contribution >= 4 is 17.6 Å². The number of nitrogens with zero attached hydrogens (tertiary/aromatic N) is 3. The van der Waals surface area contributed by atoms with Gasteiger partial charge in [0.2, 0.25) is 4.80 Å². The molecule has 0 saturated carbocycles. The van der Waals surface area contributed by atoms with E-state index in [4.69, 9.17) is 9.47 Å². The fraction of sp³-hybridized carbons (Fsp3) is 0.182. The highest BCUT2D eigenvalue weighted by molar-refractivity contribution is 7.07. The minimum atomic E-state index is -0.699. The van der Waals surface area contributed by atoms with Crippen molar-refractivity contribution in [3.8, 4) is 22.8 Å². The molecule has 5 nitrogen and oxygen atoms in total. The maximum Gasteiger partial charge on any atom is 0.206 e. The second kappa shape index (κ2) is 9.49. The van der Waals surface area contributed by atoms with Crippen LogP contribution in [0.1, 0.15) is 12.5 Å². The molecule has 0 atom stereocenters. The molecular formula is C22H21F2N3O2S. The van der Waals surface area contributed by atoms with E-state index in [1.807, 2.05) is 12.3 Å². The van der Waals surface area contributed by atoms with E-state index in [1.54, 1.807) is 32.4 Å². The molecule has 30 heavy (non-hydrogen) atoms. The lowest BCUT2D eigenvalue weighted by atomic mass is 10.1. The predicted octanol–water partition coefficient (Wildman–Crippen LogP) is 4.87. The highest BCUT2D eigenvalue weighted by atomic mass is 32.1. The minimum absolute atomic E-state index is 0.231. The van der Waals surface area contributed by atoms with Gasteiger partial charge in [-0.1, -0.05) is 18.2 Å². The van der Waals surface area contributed by atoms with E-state index in [0.29, 0.717) is 34.1 Å². The lowest BCUT2D eigenvalue weighted by molar-refractivity contribution is 0.404. The Kier molecular flexibility index (Phi) is 6.79. The molecule has 8 heteroatoms. The van der Waals surface area contributed by atoms with Crippen molar-refractivity contribution in [1.29, 1.82) is 0 Å². The average Bonchev–Trinajstić information content (AvgIpc) is 3.14. The van der Waals surface area contributed by atoms with Crippen molar-refractivity contribution < 1.29 is 18.3 Å². The third-order valence-corrected chi connectivity index (χ3v) is 5.01. The first-order valence-corrected chi connectivity index (χ1v) is 9.88. The van der Waals surface area contributed by atoms with E-state index >= 15 is 0 Å². The van der Waals surface area contributed by atoms with Crippen LogP contribution in [0, 0.1) is 11.6 Å². The van der Waals surface area contributed by atoms with Crippen LogP contribution in [0.25, 0.3) is 11.3 Å². The van der Waals surface area contributed by atoms with Gasteiger partial charge in [-0.15, -0.1) is 11.3 Å². The first kappa shape index (κ1) is 21.4. The molecule has 0 aliphatic rings. The van der Waals surface area contributed by atoms with Crippen LogP contribution >= 0.6 is 11.3 Å². The Hall–Kier alpha value is -3.26. The first-order valence-electron chi connectivity index (χ1n) is 9.00. The third-order valence-electron chi connectivity index (χ3n) is 4.15. The Morgan fingerprint density at radius 1 is 1.17 bits per heavy atom. The van der Waals surface area contributed by atoms with Crippen LogP contribution in [-0.4, -0.2) is 31.7 Å². The molecule has 0 N–H and O–H groups in total. The van der Waals surface area contributed by atoms with Crippen molar-refractivity contribution in [1.82, 2.24) is 4.68 Å². The normalized spacial score (nSPS) is 11.8. The van der Waals surface area contributed by atoms with Crippen LogP contribution in [0.3, 0.4) is 0 Å². The van der Waals surface area contributed by atoms with Crippen LogP contribution in [0.5, 0.6) is 11.5 Å². The smallest absolute Gasteiger partial charge is 0.206 e. The second-order valence-corrected chi connectivity index (χ2v) is 7.27. The molecule has 0 amide bonds. The van der Waals surface area contributed by atoms with Gasteiger partial charge in [0.25, 0.3) is 0 Å². The van der Waals surface area contributed by atoms with Crippen molar-refractivity contribution in [2.45, 2.75) is 6.92 Å². The number of halogens is 2. The van der Waals surface area contributed by atoms with Gasteiger partial charge in [-0.2, -0.15) is 5.10 Å². The number of hydrogen-bond donors (Lipinski definition) is 0. The summed E-state index contributed by atoms with van der Waals surface area (Å²) >= 11 is 1.35. The molecule has 1 heterocycles. The van der Waals surface area contributed by atoms with Gasteiger partial charge in [0.05, 0.1) is 38.2 Å². The quantitative estimate of drug-likeness (QED) is 0.397. The van der Waals surface area contributed by atoms with E-state index in [1.165, 1.54) is 34.2 Å². The number of methoxy groups -OCH3 is 2. The van der Waals surface area contributed by atoms with Gasteiger partial charge >= 0.3 is 0 Å². The lowest BCUT2D eigenvalue weighted by Crippen LogP contribution is -2.13. The number of thiazole rings is 1. The van der Waals surface area contributed by atoms with Crippen LogP contribution in [0.15, 0.2) is 64.0 Å². The highest BCUT2D eigenvalue weighted by Crippen LogP contribution is 2.33. The topological polar surface area (TPSA) is 48.1 Å². The molecule has 3 rings (SSSR count). The highest BCUT2D eigenvalue weighted by Gasteiger charge is 2.14. The summed E-state index contributed by atoms with van der Waals surface area (Å²) in [6, 6.07) is 9.03. The summed E-state index contributed by atoms with van der Waals surface area (Å²) in [5, 5.41) is 6.20. The molecule has 0 aliphatic carbocycles. The van der Waals surface area contributed by atoms with Crippen molar-refractivity contribution in [2.24, 2.45) is 10.1 Å². The van der Waals surface area contributed by atoms with E-state index in [2.05, 4.69) is 16.7 Å². The summed E-state index contributed by atoms with van der Waals surface area (Å²) in [5.41, 5.74) is 1.99. The molecule has 1 aromatic heterocycles. The maximum atomic E-state index is 14.1. The zero-order chi connectivity index (χ0) is 21.7. The van der Waals surface area contributed by atoms with Gasteiger partial charge in [-0.3, -0.25) is 4.99 Å². The summed E-state index contributed by atoms with van der Waals surface area (Å²) in [5.74, 6) is -0.166. The van der Waals surface area contributed by atoms with E-state index in [9.17, 15) is 8.78 Å². The number of benzene rings is 2. The molecule has 0 bridgehead atoms. The molecule has 0 radical (unpaired) electrons. The fourth-order valence-corrected chi connectivity index (χ4v) is 3.50. The monoisotopic (exact) mass is 429 g/mol. The van der Waals surface area contributed by atoms with Crippen molar-refractivity contribution in [2.75, 3.05) is 20.8 Å². The molecule has 0 spiro atoms. The Labute approximate surface area is 177 Å². The number of aromatic nitrogens is 1. The molecule has 0 saturated heterocycles. The van der Waals surface area contributed by atoms with Crippen LogP contribution < -0.4 is 14.3 Å². The van der Waals surface area contributed by atoms with Crippen molar-refractivity contribution in [3.63, 3.8) is 0 Å². The molecular weight excluding hydrogens is 408 g/mol. The Balaban J connectivity index is 2.20. The average molecular weight is 429 g/mol. The summed E-state index contributed by atoms with van der Waals surface area (Å²) in [6.45, 7) is 6.13. The van der Waals surface area contributed by atoms with Crippen LogP contribution in [0.4, 0.5) is 8.78 Å². The predicted molar refractivity (Wildman–Crippen MR) is 115 cm³/mol. The summed E-state index contributed by atoms with van der Waals surface area (Å²) in [6.07, 6.45) is 1.15. The van der Waals surface area contributed by atoms with E-state index < -0.39 is 11.6 Å². The maximum absolute atomic E-state index is 14.1. The van der Waals surface area contributed by atoms with E-state index in [0.717, 1.165) is 11.8 Å². The molecule has 0 fully saturated rings. The Morgan fingerprint density at radius 2 is 1.90 bits per heavy atom. The minimum Gasteiger partial charge on any atom is -0.497 e. The van der Waals surface area contributed by atoms with Gasteiger partial charge in [0.15, 0.2) is 0 Å². The molecule has 3 aromatic rings. The summed E-state index contributed by atoms with van der Waals surface area (Å²) in [4.78, 5) is 5.06.